The van der Waals surface area contributed by atoms with E-state index in [1.807, 2.05) is 0 Å². The van der Waals surface area contributed by atoms with Crippen molar-refractivity contribution >= 4 is 15.9 Å². The van der Waals surface area contributed by atoms with Gasteiger partial charge in [0.2, 0.25) is 0 Å². The fourth-order valence-corrected chi connectivity index (χ4v) is 3.00. The predicted octanol–water partition coefficient (Wildman–Crippen LogP) is 3.58. The molecule has 1 heterocycles. The number of hydrogen-bond donors (Lipinski definition) is 1. The summed E-state index contributed by atoms with van der Waals surface area (Å²) in [7, 11) is 2.22. The van der Waals surface area contributed by atoms with Crippen molar-refractivity contribution in [2.75, 3.05) is 20.1 Å². The van der Waals surface area contributed by atoms with Gasteiger partial charge in [0, 0.05) is 23.1 Å². The van der Waals surface area contributed by atoms with Crippen LogP contribution in [0.1, 0.15) is 37.8 Å². The number of likely N-dealkylation sites (N-methyl/N-ethyl adjacent to an activating group) is 1. The molecule has 0 radical (unpaired) electrons. The van der Waals surface area contributed by atoms with Gasteiger partial charge in [0.05, 0.1) is 0 Å². The van der Waals surface area contributed by atoms with Crippen LogP contribution < -0.4 is 5.32 Å². The molecule has 1 aromatic carbocycles. The summed E-state index contributed by atoms with van der Waals surface area (Å²) in [6.45, 7) is 4.67. The van der Waals surface area contributed by atoms with Gasteiger partial charge in [-0.1, -0.05) is 35.0 Å². The van der Waals surface area contributed by atoms with Crippen LogP contribution in [0.15, 0.2) is 28.7 Å². The molecule has 1 fully saturated rings. The lowest BCUT2D eigenvalue weighted by Crippen LogP contribution is -2.45. The third-order valence-corrected chi connectivity index (χ3v) is 4.27. The van der Waals surface area contributed by atoms with Gasteiger partial charge in [-0.05, 0) is 50.6 Å². The summed E-state index contributed by atoms with van der Waals surface area (Å²) in [5.74, 6) is 0. The number of likely N-dealkylation sites (tertiary alicyclic amines) is 1. The molecule has 0 bridgehead atoms. The first-order valence-corrected chi connectivity index (χ1v) is 7.68. The number of benzene rings is 1. The van der Waals surface area contributed by atoms with Crippen molar-refractivity contribution < 1.29 is 0 Å². The van der Waals surface area contributed by atoms with Crippen LogP contribution in [0.4, 0.5) is 0 Å². The average Bonchev–Trinajstić information content (AvgIpc) is 2.37. The van der Waals surface area contributed by atoms with Crippen LogP contribution in [0.3, 0.4) is 0 Å². The van der Waals surface area contributed by atoms with E-state index in [0.717, 1.165) is 10.9 Å². The molecule has 100 valence electrons. The third-order valence-electron chi connectivity index (χ3n) is 3.74. The van der Waals surface area contributed by atoms with Gasteiger partial charge >= 0.3 is 0 Å². The van der Waals surface area contributed by atoms with Crippen LogP contribution in [0.2, 0.25) is 0 Å². The van der Waals surface area contributed by atoms with Gasteiger partial charge in [-0.25, -0.2) is 0 Å². The second-order valence-electron chi connectivity index (χ2n) is 5.28. The Balaban J connectivity index is 1.98. The maximum Gasteiger partial charge on any atom is 0.0320 e. The van der Waals surface area contributed by atoms with E-state index in [0.29, 0.717) is 12.1 Å². The minimum Gasteiger partial charge on any atom is -0.306 e. The lowest BCUT2D eigenvalue weighted by Gasteiger charge is -2.33. The van der Waals surface area contributed by atoms with E-state index in [-0.39, 0.29) is 0 Å². The Morgan fingerprint density at radius 2 is 2.11 bits per heavy atom. The molecule has 1 aliphatic heterocycles. The molecular formula is C15H23BrN2. The molecule has 0 amide bonds. The summed E-state index contributed by atoms with van der Waals surface area (Å²) < 4.78 is 1.15. The van der Waals surface area contributed by atoms with Gasteiger partial charge in [-0.2, -0.15) is 0 Å². The van der Waals surface area contributed by atoms with Gasteiger partial charge in [0.1, 0.15) is 0 Å². The van der Waals surface area contributed by atoms with Crippen LogP contribution in [-0.4, -0.2) is 31.1 Å². The van der Waals surface area contributed by atoms with Crippen molar-refractivity contribution in [1.29, 1.82) is 0 Å². The molecule has 2 nitrogen and oxygen atoms in total. The molecule has 2 rings (SSSR count). The zero-order chi connectivity index (χ0) is 13.0. The molecule has 0 aromatic heterocycles. The predicted molar refractivity (Wildman–Crippen MR) is 80.8 cm³/mol. The molecule has 1 aliphatic rings. The van der Waals surface area contributed by atoms with Gasteiger partial charge < -0.3 is 10.2 Å². The molecule has 2 atom stereocenters. The topological polar surface area (TPSA) is 15.3 Å². The maximum atomic E-state index is 3.81. The smallest absolute Gasteiger partial charge is 0.0320 e. The summed E-state index contributed by atoms with van der Waals surface area (Å²) in [5, 5.41) is 3.81. The minimum atomic E-state index is 0.481. The highest BCUT2D eigenvalue weighted by atomic mass is 79.9. The van der Waals surface area contributed by atoms with Crippen molar-refractivity contribution in [1.82, 2.24) is 10.2 Å². The van der Waals surface area contributed by atoms with E-state index in [1.54, 1.807) is 0 Å². The first-order valence-electron chi connectivity index (χ1n) is 6.89. The molecule has 0 spiro atoms. The highest BCUT2D eigenvalue weighted by Crippen LogP contribution is 2.21. The molecule has 1 N–H and O–H groups in total. The average molecular weight is 311 g/mol. The molecule has 0 aliphatic carbocycles. The second-order valence-corrected chi connectivity index (χ2v) is 6.20. The van der Waals surface area contributed by atoms with E-state index in [9.17, 15) is 0 Å². The Bertz CT molecular complexity index is 363. The first-order chi connectivity index (χ1) is 8.69. The van der Waals surface area contributed by atoms with Crippen LogP contribution in [0, 0.1) is 0 Å². The molecule has 0 saturated carbocycles. The molecule has 1 aromatic rings. The van der Waals surface area contributed by atoms with Crippen molar-refractivity contribution in [3.8, 4) is 0 Å². The van der Waals surface area contributed by atoms with Crippen molar-refractivity contribution in [2.45, 2.75) is 38.3 Å². The Kier molecular flexibility index (Phi) is 5.22. The quantitative estimate of drug-likeness (QED) is 0.914. The first kappa shape index (κ1) is 14.0. The zero-order valence-corrected chi connectivity index (χ0v) is 12.9. The number of nitrogens with one attached hydrogen (secondary N) is 1. The highest BCUT2D eigenvalue weighted by molar-refractivity contribution is 9.10. The molecular weight excluding hydrogens is 288 g/mol. The summed E-state index contributed by atoms with van der Waals surface area (Å²) >= 11 is 3.50. The fraction of sp³-hybridized carbons (Fsp3) is 0.600. The number of rotatable bonds is 4. The second kappa shape index (κ2) is 6.69. The molecule has 3 heteroatoms. The van der Waals surface area contributed by atoms with Crippen molar-refractivity contribution in [2.24, 2.45) is 0 Å². The van der Waals surface area contributed by atoms with Crippen LogP contribution in [0.5, 0.6) is 0 Å². The summed E-state index contributed by atoms with van der Waals surface area (Å²) in [5.41, 5.74) is 1.40. The van der Waals surface area contributed by atoms with Gasteiger partial charge in [0.15, 0.2) is 0 Å². The van der Waals surface area contributed by atoms with Crippen LogP contribution in [-0.2, 0) is 0 Å². The van der Waals surface area contributed by atoms with Crippen LogP contribution >= 0.6 is 15.9 Å². The maximum absolute atomic E-state index is 3.81. The monoisotopic (exact) mass is 310 g/mol. The van der Waals surface area contributed by atoms with E-state index < -0.39 is 0 Å². The Labute approximate surface area is 119 Å². The van der Waals surface area contributed by atoms with Crippen molar-refractivity contribution in [3.05, 3.63) is 34.3 Å². The SMILES string of the molecule is CCC(NC1CCCN(C)C1)c1ccc(Br)cc1. The van der Waals surface area contributed by atoms with E-state index in [4.69, 9.17) is 0 Å². The lowest BCUT2D eigenvalue weighted by atomic mass is 10.0. The van der Waals surface area contributed by atoms with Crippen LogP contribution in [0.25, 0.3) is 0 Å². The molecule has 18 heavy (non-hydrogen) atoms. The van der Waals surface area contributed by atoms with E-state index in [1.165, 1.54) is 31.5 Å². The summed E-state index contributed by atoms with van der Waals surface area (Å²) in [6.07, 6.45) is 3.75. The number of hydrogen-bond acceptors (Lipinski definition) is 2. The Morgan fingerprint density at radius 3 is 2.72 bits per heavy atom. The highest BCUT2D eigenvalue weighted by Gasteiger charge is 2.20. The van der Waals surface area contributed by atoms with E-state index in [2.05, 4.69) is 64.4 Å². The van der Waals surface area contributed by atoms with E-state index >= 15 is 0 Å². The summed E-state index contributed by atoms with van der Waals surface area (Å²) in [4.78, 5) is 2.43. The lowest BCUT2D eigenvalue weighted by molar-refractivity contribution is 0.215. The number of piperidine rings is 1. The third kappa shape index (κ3) is 3.81. The Morgan fingerprint density at radius 1 is 1.39 bits per heavy atom. The molecule has 1 saturated heterocycles. The normalized spacial score (nSPS) is 22.9. The van der Waals surface area contributed by atoms with Crippen molar-refractivity contribution in [3.63, 3.8) is 0 Å². The number of halogens is 1. The largest absolute Gasteiger partial charge is 0.306 e. The van der Waals surface area contributed by atoms with Gasteiger partial charge in [-0.3, -0.25) is 0 Å². The van der Waals surface area contributed by atoms with Gasteiger partial charge in [0.25, 0.3) is 0 Å². The minimum absolute atomic E-state index is 0.481. The number of nitrogens with zero attached hydrogens (tertiary/aromatic N) is 1. The zero-order valence-electron chi connectivity index (χ0n) is 11.3. The van der Waals surface area contributed by atoms with Gasteiger partial charge in [-0.15, -0.1) is 0 Å². The summed E-state index contributed by atoms with van der Waals surface area (Å²) in [6, 6.07) is 9.82. The fourth-order valence-electron chi connectivity index (χ4n) is 2.73. The standard InChI is InChI=1S/C15H23BrN2/c1-3-15(12-6-8-13(16)9-7-12)17-14-5-4-10-18(2)11-14/h6-9,14-15,17H,3-5,10-11H2,1-2H3. The molecule has 2 unspecified atom stereocenters. The Hall–Kier alpha value is -0.380.